The van der Waals surface area contributed by atoms with Gasteiger partial charge in [0.1, 0.15) is 0 Å². The topological polar surface area (TPSA) is 29.1 Å². The van der Waals surface area contributed by atoms with Crippen LogP contribution in [0.5, 0.6) is 0 Å². The Balaban J connectivity index is 2.96. The van der Waals surface area contributed by atoms with Crippen LogP contribution in [0.15, 0.2) is 24.3 Å². The van der Waals surface area contributed by atoms with Crippen LogP contribution in [0, 0.1) is 6.92 Å². The highest BCUT2D eigenvalue weighted by Gasteiger charge is 2.01. The van der Waals surface area contributed by atoms with Crippen LogP contribution in [0.2, 0.25) is 0 Å². The van der Waals surface area contributed by atoms with Gasteiger partial charge in [0.15, 0.2) is 0 Å². The number of hydrogen-bond acceptors (Lipinski definition) is 1. The summed E-state index contributed by atoms with van der Waals surface area (Å²) in [6.45, 7) is 1.96. The van der Waals surface area contributed by atoms with Crippen molar-refractivity contribution in [3.63, 3.8) is 0 Å². The molecule has 0 aliphatic rings. The Morgan fingerprint density at radius 1 is 1.55 bits per heavy atom. The number of rotatable bonds is 1. The Morgan fingerprint density at radius 3 is 2.82 bits per heavy atom. The van der Waals surface area contributed by atoms with Crippen molar-refractivity contribution in [1.29, 1.82) is 0 Å². The van der Waals surface area contributed by atoms with Crippen molar-refractivity contribution in [3.8, 4) is 0 Å². The minimum absolute atomic E-state index is 0.0469. The fourth-order valence-electron chi connectivity index (χ4n) is 0.841. The highest BCUT2D eigenvalue weighted by Crippen LogP contribution is 2.03. The molecule has 0 fully saturated rings. The number of benzene rings is 1. The third-order valence-electron chi connectivity index (χ3n) is 1.37. The summed E-state index contributed by atoms with van der Waals surface area (Å²) in [5.74, 6) is -0.0469. The highest BCUT2D eigenvalue weighted by molar-refractivity contribution is 14.1. The fraction of sp³-hybridized carbons (Fsp3) is 0.125. The molecule has 0 saturated heterocycles. The Kier molecular flexibility index (Phi) is 2.87. The van der Waals surface area contributed by atoms with Gasteiger partial charge in [-0.25, -0.2) is 0 Å². The zero-order chi connectivity index (χ0) is 8.27. The lowest BCUT2D eigenvalue weighted by Crippen LogP contribution is -2.11. The normalized spacial score (nSPS) is 9.27. The molecule has 0 atom stereocenters. The zero-order valence-electron chi connectivity index (χ0n) is 6.10. The largest absolute Gasteiger partial charge is 0.295 e. The zero-order valence-corrected chi connectivity index (χ0v) is 8.25. The van der Waals surface area contributed by atoms with Gasteiger partial charge in [-0.15, -0.1) is 0 Å². The monoisotopic (exact) mass is 261 g/mol. The van der Waals surface area contributed by atoms with Crippen molar-refractivity contribution in [3.05, 3.63) is 35.4 Å². The molecule has 0 bridgehead atoms. The van der Waals surface area contributed by atoms with E-state index < -0.39 is 0 Å². The molecular formula is C8H8INO. The van der Waals surface area contributed by atoms with E-state index in [9.17, 15) is 4.79 Å². The maximum Gasteiger partial charge on any atom is 0.259 e. The third-order valence-corrected chi connectivity index (χ3v) is 1.86. The molecule has 0 unspecified atom stereocenters. The number of halogens is 1. The molecule has 0 aliphatic heterocycles. The lowest BCUT2D eigenvalue weighted by Gasteiger charge is -1.97. The summed E-state index contributed by atoms with van der Waals surface area (Å²) in [7, 11) is 0. The molecular weight excluding hydrogens is 253 g/mol. The summed E-state index contributed by atoms with van der Waals surface area (Å²) >= 11 is 1.83. The minimum Gasteiger partial charge on any atom is -0.295 e. The van der Waals surface area contributed by atoms with Crippen molar-refractivity contribution in [2.75, 3.05) is 0 Å². The summed E-state index contributed by atoms with van der Waals surface area (Å²) in [6, 6.07) is 7.48. The van der Waals surface area contributed by atoms with Gasteiger partial charge in [-0.3, -0.25) is 8.32 Å². The van der Waals surface area contributed by atoms with E-state index in [1.807, 2.05) is 48.0 Å². The smallest absolute Gasteiger partial charge is 0.259 e. The van der Waals surface area contributed by atoms with Crippen molar-refractivity contribution in [2.45, 2.75) is 6.92 Å². The number of hydrogen-bond donors (Lipinski definition) is 1. The van der Waals surface area contributed by atoms with E-state index in [-0.39, 0.29) is 5.91 Å². The maximum atomic E-state index is 11.0. The first-order valence-corrected chi connectivity index (χ1v) is 4.29. The molecule has 3 heteroatoms. The van der Waals surface area contributed by atoms with Gasteiger partial charge >= 0.3 is 0 Å². The Morgan fingerprint density at radius 2 is 2.27 bits per heavy atom. The molecule has 1 amide bonds. The van der Waals surface area contributed by atoms with Gasteiger partial charge in [0.05, 0.1) is 22.9 Å². The number of amides is 1. The summed E-state index contributed by atoms with van der Waals surface area (Å²) in [5.41, 5.74) is 1.81. The quantitative estimate of drug-likeness (QED) is 0.608. The molecule has 2 nitrogen and oxygen atoms in total. The van der Waals surface area contributed by atoms with Crippen LogP contribution in [0.4, 0.5) is 0 Å². The molecule has 0 aromatic heterocycles. The molecule has 0 spiro atoms. The molecule has 11 heavy (non-hydrogen) atoms. The number of aryl methyl sites for hydroxylation is 1. The average Bonchev–Trinajstić information content (AvgIpc) is 2.03. The predicted molar refractivity (Wildman–Crippen MR) is 52.7 cm³/mol. The molecule has 1 N–H and O–H groups in total. The van der Waals surface area contributed by atoms with Crippen molar-refractivity contribution in [1.82, 2.24) is 3.53 Å². The van der Waals surface area contributed by atoms with E-state index in [0.29, 0.717) is 5.56 Å². The van der Waals surface area contributed by atoms with Crippen LogP contribution in [0.1, 0.15) is 15.9 Å². The van der Waals surface area contributed by atoms with E-state index >= 15 is 0 Å². The molecule has 0 saturated carbocycles. The summed E-state index contributed by atoms with van der Waals surface area (Å²) < 4.78 is 2.54. The van der Waals surface area contributed by atoms with E-state index in [1.54, 1.807) is 6.07 Å². The lowest BCUT2D eigenvalue weighted by molar-refractivity contribution is 0.0989. The van der Waals surface area contributed by atoms with Gasteiger partial charge in [-0.1, -0.05) is 17.7 Å². The first-order chi connectivity index (χ1) is 5.24. The second-order valence-electron chi connectivity index (χ2n) is 2.29. The van der Waals surface area contributed by atoms with Crippen LogP contribution in [-0.2, 0) is 0 Å². The Hall–Kier alpha value is -0.580. The molecule has 1 aromatic carbocycles. The minimum atomic E-state index is -0.0469. The first kappa shape index (κ1) is 8.52. The molecule has 58 valence electrons. The second kappa shape index (κ2) is 3.71. The van der Waals surface area contributed by atoms with E-state index in [2.05, 4.69) is 3.53 Å². The van der Waals surface area contributed by atoms with Gasteiger partial charge in [-0.05, 0) is 19.1 Å². The van der Waals surface area contributed by atoms with Gasteiger partial charge in [0.2, 0.25) is 0 Å². The maximum absolute atomic E-state index is 11.0. The van der Waals surface area contributed by atoms with Crippen molar-refractivity contribution >= 4 is 28.8 Å². The van der Waals surface area contributed by atoms with E-state index in [4.69, 9.17) is 0 Å². The summed E-state index contributed by atoms with van der Waals surface area (Å²) in [4.78, 5) is 11.0. The van der Waals surface area contributed by atoms with Gasteiger partial charge in [0, 0.05) is 5.56 Å². The Bertz CT molecular complexity index is 273. The van der Waals surface area contributed by atoms with Gasteiger partial charge in [0.25, 0.3) is 5.91 Å². The Labute approximate surface area is 79.5 Å². The third kappa shape index (κ3) is 2.18. The van der Waals surface area contributed by atoms with Crippen LogP contribution >= 0.6 is 22.9 Å². The van der Waals surface area contributed by atoms with Crippen LogP contribution < -0.4 is 3.53 Å². The molecule has 0 heterocycles. The summed E-state index contributed by atoms with van der Waals surface area (Å²) in [6.07, 6.45) is 0. The highest BCUT2D eigenvalue weighted by atomic mass is 127. The molecule has 1 aromatic rings. The van der Waals surface area contributed by atoms with Crippen LogP contribution in [0.3, 0.4) is 0 Å². The van der Waals surface area contributed by atoms with E-state index in [0.717, 1.165) is 5.56 Å². The molecule has 1 rings (SSSR count). The standard InChI is InChI=1S/C8H8INO/c1-6-3-2-4-7(5-6)8(11)10-9/h2-5H,1H3,(H,10,11). The fourth-order valence-corrected chi connectivity index (χ4v) is 1.15. The number of carbonyl (C=O) groups is 1. The van der Waals surface area contributed by atoms with Crippen LogP contribution in [-0.4, -0.2) is 5.91 Å². The van der Waals surface area contributed by atoms with Gasteiger partial charge in [-0.2, -0.15) is 0 Å². The number of nitrogens with one attached hydrogen (secondary N) is 1. The predicted octanol–water partition coefficient (Wildman–Crippen LogP) is 2.07. The SMILES string of the molecule is Cc1cccc(C(=O)NI)c1. The van der Waals surface area contributed by atoms with Gasteiger partial charge < -0.3 is 0 Å². The first-order valence-electron chi connectivity index (χ1n) is 3.21. The lowest BCUT2D eigenvalue weighted by atomic mass is 10.1. The molecule has 0 radical (unpaired) electrons. The number of carbonyl (C=O) groups excluding carboxylic acids is 1. The van der Waals surface area contributed by atoms with Crippen molar-refractivity contribution < 1.29 is 4.79 Å². The average molecular weight is 261 g/mol. The summed E-state index contributed by atoms with van der Waals surface area (Å²) in [5, 5.41) is 0. The van der Waals surface area contributed by atoms with Crippen LogP contribution in [0.25, 0.3) is 0 Å². The second-order valence-corrected chi connectivity index (χ2v) is 2.83. The van der Waals surface area contributed by atoms with E-state index in [1.165, 1.54) is 0 Å². The van der Waals surface area contributed by atoms with Crippen molar-refractivity contribution in [2.24, 2.45) is 0 Å². The molecule has 0 aliphatic carbocycles.